The molecule has 0 bridgehead atoms. The van der Waals surface area contributed by atoms with Crippen molar-refractivity contribution in [3.8, 4) is 22.8 Å². The molecule has 3 rings (SSSR count). The highest BCUT2D eigenvalue weighted by molar-refractivity contribution is 5.94. The quantitative estimate of drug-likeness (QED) is 0.742. The maximum absolute atomic E-state index is 11.3. The van der Waals surface area contributed by atoms with Crippen LogP contribution in [0.3, 0.4) is 0 Å². The summed E-state index contributed by atoms with van der Waals surface area (Å²) in [6.45, 7) is 0. The van der Waals surface area contributed by atoms with Crippen molar-refractivity contribution >= 4 is 17.2 Å². The summed E-state index contributed by atoms with van der Waals surface area (Å²) in [4.78, 5) is 14.6. The number of ether oxygens (including phenoxy) is 2. The van der Waals surface area contributed by atoms with E-state index >= 15 is 0 Å². The van der Waals surface area contributed by atoms with E-state index in [1.165, 1.54) is 0 Å². The van der Waals surface area contributed by atoms with Crippen LogP contribution in [0.1, 0.15) is 10.4 Å². The number of carbonyl (C=O) groups is 1. The SMILES string of the molecule is COc1ccc2[nH]c(-c3c(C=O)cccc3OC)cc2c1. The summed E-state index contributed by atoms with van der Waals surface area (Å²) in [6.07, 6.45) is 0.837. The molecular weight excluding hydrogens is 266 g/mol. The summed E-state index contributed by atoms with van der Waals surface area (Å²) in [6, 6.07) is 13.2. The van der Waals surface area contributed by atoms with Crippen LogP contribution in [0.4, 0.5) is 0 Å². The zero-order valence-corrected chi connectivity index (χ0v) is 11.8. The molecule has 0 radical (unpaired) electrons. The van der Waals surface area contributed by atoms with Crippen LogP contribution in [0.5, 0.6) is 11.5 Å². The van der Waals surface area contributed by atoms with Crippen molar-refractivity contribution in [1.29, 1.82) is 0 Å². The Labute approximate surface area is 122 Å². The normalized spacial score (nSPS) is 10.6. The molecule has 0 aliphatic rings. The first kappa shape index (κ1) is 13.2. The fourth-order valence-corrected chi connectivity index (χ4v) is 2.48. The molecule has 4 nitrogen and oxygen atoms in total. The number of methoxy groups -OCH3 is 2. The first-order chi connectivity index (χ1) is 10.3. The first-order valence-corrected chi connectivity index (χ1v) is 6.56. The lowest BCUT2D eigenvalue weighted by molar-refractivity contribution is 0.112. The average molecular weight is 281 g/mol. The van der Waals surface area contributed by atoms with Crippen LogP contribution < -0.4 is 9.47 Å². The van der Waals surface area contributed by atoms with E-state index in [1.54, 1.807) is 26.4 Å². The zero-order chi connectivity index (χ0) is 14.8. The van der Waals surface area contributed by atoms with Gasteiger partial charge in [-0.15, -0.1) is 0 Å². The molecule has 0 atom stereocenters. The second-order valence-corrected chi connectivity index (χ2v) is 4.68. The van der Waals surface area contributed by atoms with Crippen molar-refractivity contribution in [1.82, 2.24) is 4.98 Å². The number of nitrogens with one attached hydrogen (secondary N) is 1. The highest BCUT2D eigenvalue weighted by atomic mass is 16.5. The Balaban J connectivity index is 2.22. The number of fused-ring (bicyclic) bond motifs is 1. The predicted molar refractivity (Wildman–Crippen MR) is 82.2 cm³/mol. The average Bonchev–Trinajstić information content (AvgIpc) is 2.96. The van der Waals surface area contributed by atoms with Crippen molar-refractivity contribution in [2.75, 3.05) is 14.2 Å². The van der Waals surface area contributed by atoms with Crippen molar-refractivity contribution in [3.63, 3.8) is 0 Å². The lowest BCUT2D eigenvalue weighted by Gasteiger charge is -2.08. The molecule has 0 amide bonds. The minimum Gasteiger partial charge on any atom is -0.497 e. The van der Waals surface area contributed by atoms with Gasteiger partial charge in [-0.25, -0.2) is 0 Å². The maximum Gasteiger partial charge on any atom is 0.150 e. The predicted octanol–water partition coefficient (Wildman–Crippen LogP) is 3.66. The van der Waals surface area contributed by atoms with Gasteiger partial charge in [0.2, 0.25) is 0 Å². The monoisotopic (exact) mass is 281 g/mol. The molecular formula is C17H15NO3. The third-order valence-electron chi connectivity index (χ3n) is 3.50. The number of carbonyl (C=O) groups excluding carboxylic acids is 1. The minimum atomic E-state index is 0.591. The Bertz CT molecular complexity index is 805. The number of benzene rings is 2. The second-order valence-electron chi connectivity index (χ2n) is 4.68. The van der Waals surface area contributed by atoms with Gasteiger partial charge < -0.3 is 14.5 Å². The highest BCUT2D eigenvalue weighted by Crippen LogP contribution is 2.34. The topological polar surface area (TPSA) is 51.3 Å². The second kappa shape index (κ2) is 5.32. The van der Waals surface area contributed by atoms with Gasteiger partial charge in [0.25, 0.3) is 0 Å². The summed E-state index contributed by atoms with van der Waals surface area (Å²) in [5.74, 6) is 1.46. The molecule has 4 heteroatoms. The van der Waals surface area contributed by atoms with Crippen LogP contribution in [0, 0.1) is 0 Å². The smallest absolute Gasteiger partial charge is 0.150 e. The Kier molecular flexibility index (Phi) is 3.36. The van der Waals surface area contributed by atoms with Gasteiger partial charge in [0.05, 0.1) is 25.5 Å². The van der Waals surface area contributed by atoms with Gasteiger partial charge in [-0.05, 0) is 30.3 Å². The molecule has 0 aliphatic carbocycles. The summed E-state index contributed by atoms with van der Waals surface area (Å²) in [7, 11) is 3.23. The Hall–Kier alpha value is -2.75. The highest BCUT2D eigenvalue weighted by Gasteiger charge is 2.13. The van der Waals surface area contributed by atoms with Gasteiger partial charge >= 0.3 is 0 Å². The van der Waals surface area contributed by atoms with Gasteiger partial charge in [-0.2, -0.15) is 0 Å². The van der Waals surface area contributed by atoms with E-state index in [-0.39, 0.29) is 0 Å². The van der Waals surface area contributed by atoms with Crippen LogP contribution in [0.25, 0.3) is 22.2 Å². The third kappa shape index (κ3) is 2.25. The molecule has 21 heavy (non-hydrogen) atoms. The van der Waals surface area contributed by atoms with Gasteiger partial charge in [-0.3, -0.25) is 4.79 Å². The van der Waals surface area contributed by atoms with Crippen LogP contribution >= 0.6 is 0 Å². The van der Waals surface area contributed by atoms with E-state index in [4.69, 9.17) is 9.47 Å². The molecule has 1 heterocycles. The van der Waals surface area contributed by atoms with Crippen LogP contribution in [-0.4, -0.2) is 25.5 Å². The number of aromatic amines is 1. The van der Waals surface area contributed by atoms with Crippen LogP contribution in [0.2, 0.25) is 0 Å². The third-order valence-corrected chi connectivity index (χ3v) is 3.50. The molecule has 3 aromatic rings. The van der Waals surface area contributed by atoms with Crippen molar-refractivity contribution in [2.24, 2.45) is 0 Å². The van der Waals surface area contributed by atoms with E-state index < -0.39 is 0 Å². The summed E-state index contributed by atoms with van der Waals surface area (Å²) < 4.78 is 10.6. The molecule has 0 saturated heterocycles. The Morgan fingerprint density at radius 1 is 1.05 bits per heavy atom. The number of hydrogen-bond donors (Lipinski definition) is 1. The van der Waals surface area contributed by atoms with E-state index in [0.717, 1.165) is 34.2 Å². The summed E-state index contributed by atoms with van der Waals surface area (Å²) in [5.41, 5.74) is 3.18. The first-order valence-electron chi connectivity index (χ1n) is 6.56. The van der Waals surface area contributed by atoms with E-state index in [2.05, 4.69) is 4.98 Å². The lowest BCUT2D eigenvalue weighted by Crippen LogP contribution is -1.93. The fraction of sp³-hybridized carbons (Fsp3) is 0.118. The largest absolute Gasteiger partial charge is 0.497 e. The van der Waals surface area contributed by atoms with Gasteiger partial charge in [0.15, 0.2) is 6.29 Å². The van der Waals surface area contributed by atoms with Gasteiger partial charge in [0, 0.05) is 16.5 Å². The van der Waals surface area contributed by atoms with E-state index in [0.29, 0.717) is 11.3 Å². The lowest BCUT2D eigenvalue weighted by atomic mass is 10.0. The van der Waals surface area contributed by atoms with Crippen molar-refractivity contribution < 1.29 is 14.3 Å². The number of aldehydes is 1. The van der Waals surface area contributed by atoms with Gasteiger partial charge in [0.1, 0.15) is 11.5 Å². The molecule has 2 aromatic carbocycles. The molecule has 0 spiro atoms. The van der Waals surface area contributed by atoms with E-state index in [1.807, 2.05) is 30.3 Å². The number of aromatic nitrogens is 1. The van der Waals surface area contributed by atoms with Crippen LogP contribution in [0.15, 0.2) is 42.5 Å². The molecule has 106 valence electrons. The molecule has 0 unspecified atom stereocenters. The fourth-order valence-electron chi connectivity index (χ4n) is 2.48. The van der Waals surface area contributed by atoms with Gasteiger partial charge in [-0.1, -0.05) is 12.1 Å². The molecule has 0 fully saturated rings. The maximum atomic E-state index is 11.3. The number of rotatable bonds is 4. The number of hydrogen-bond acceptors (Lipinski definition) is 3. The molecule has 1 aromatic heterocycles. The summed E-state index contributed by atoms with van der Waals surface area (Å²) in [5, 5.41) is 1.02. The van der Waals surface area contributed by atoms with Crippen molar-refractivity contribution in [2.45, 2.75) is 0 Å². The van der Waals surface area contributed by atoms with E-state index in [9.17, 15) is 4.79 Å². The zero-order valence-electron chi connectivity index (χ0n) is 11.8. The van der Waals surface area contributed by atoms with Crippen molar-refractivity contribution in [3.05, 3.63) is 48.0 Å². The Morgan fingerprint density at radius 2 is 1.90 bits per heavy atom. The molecule has 0 saturated carbocycles. The molecule has 0 aliphatic heterocycles. The van der Waals surface area contributed by atoms with Crippen LogP contribution in [-0.2, 0) is 0 Å². The summed E-state index contributed by atoms with van der Waals surface area (Å²) >= 11 is 0. The standard InChI is InChI=1S/C17H15NO3/c1-20-13-6-7-14-12(8-13)9-15(18-14)17-11(10-19)4-3-5-16(17)21-2/h3-10,18H,1-2H3. The Morgan fingerprint density at radius 3 is 2.62 bits per heavy atom. The minimum absolute atomic E-state index is 0.591. The molecule has 1 N–H and O–H groups in total. The number of H-pyrrole nitrogens is 1.